The first kappa shape index (κ1) is 25.2. The lowest BCUT2D eigenvalue weighted by molar-refractivity contribution is -0.115. The van der Waals surface area contributed by atoms with Gasteiger partial charge in [-0.3, -0.25) is 19.6 Å². The second kappa shape index (κ2) is 11.7. The number of nitrogens with one attached hydrogen (secondary N) is 2. The largest absolute Gasteiger partial charge is 0.371 e. The number of carbonyl (C=O) groups is 2. The molecular weight excluding hydrogens is 478 g/mol. The van der Waals surface area contributed by atoms with Gasteiger partial charge in [0.1, 0.15) is 5.82 Å². The van der Waals surface area contributed by atoms with Crippen LogP contribution < -0.4 is 10.6 Å². The van der Waals surface area contributed by atoms with E-state index in [-0.39, 0.29) is 30.9 Å². The molecule has 2 N–H and O–H groups in total. The molecule has 38 heavy (non-hydrogen) atoms. The van der Waals surface area contributed by atoms with Crippen LogP contribution in [0.1, 0.15) is 57.5 Å². The average Bonchev–Trinajstić information content (AvgIpc) is 3.13. The van der Waals surface area contributed by atoms with Gasteiger partial charge in [-0.15, -0.1) is 0 Å². The van der Waals surface area contributed by atoms with Gasteiger partial charge in [0, 0.05) is 30.7 Å². The number of rotatable bonds is 7. The number of amides is 2. The number of fused-ring (bicyclic) bond motifs is 1. The van der Waals surface area contributed by atoms with Crippen LogP contribution in [-0.2, 0) is 28.8 Å². The van der Waals surface area contributed by atoms with Crippen molar-refractivity contribution in [3.05, 3.63) is 119 Å². The quantitative estimate of drug-likeness (QED) is 0.384. The van der Waals surface area contributed by atoms with Gasteiger partial charge in [0.15, 0.2) is 0 Å². The Morgan fingerprint density at radius 2 is 1.79 bits per heavy atom. The molecule has 3 aromatic heterocycles. The Morgan fingerprint density at radius 1 is 0.974 bits per heavy atom. The normalized spacial score (nSPS) is 16.7. The molecule has 0 saturated heterocycles. The summed E-state index contributed by atoms with van der Waals surface area (Å²) in [5.41, 5.74) is 4.77. The van der Waals surface area contributed by atoms with Crippen LogP contribution in [-0.4, -0.2) is 33.4 Å². The number of hydrogen-bond donors (Lipinski definition) is 2. The Hall–Kier alpha value is -4.43. The van der Waals surface area contributed by atoms with Gasteiger partial charge in [-0.1, -0.05) is 49.4 Å². The summed E-state index contributed by atoms with van der Waals surface area (Å²) in [4.78, 5) is 39.2. The predicted molar refractivity (Wildman–Crippen MR) is 143 cm³/mol. The van der Waals surface area contributed by atoms with Gasteiger partial charge >= 0.3 is 0 Å². The number of carbonyl (C=O) groups excluding carboxylic acids is 2. The molecule has 1 aromatic carbocycles. The molecule has 0 fully saturated rings. The highest BCUT2D eigenvalue weighted by atomic mass is 16.5. The monoisotopic (exact) mass is 507 g/mol. The molecule has 0 saturated carbocycles. The molecule has 2 amide bonds. The van der Waals surface area contributed by atoms with Crippen LogP contribution in [0.5, 0.6) is 0 Å². The van der Waals surface area contributed by atoms with Crippen molar-refractivity contribution >= 4 is 17.6 Å². The van der Waals surface area contributed by atoms with Crippen molar-refractivity contribution in [2.24, 2.45) is 0 Å². The molecular formula is C30H29N5O3. The third-order valence-electron chi connectivity index (χ3n) is 6.54. The first-order chi connectivity index (χ1) is 18.6. The van der Waals surface area contributed by atoms with Crippen LogP contribution >= 0.6 is 0 Å². The molecule has 8 heteroatoms. The maximum atomic E-state index is 13.4. The number of pyridine rings is 3. The van der Waals surface area contributed by atoms with Gasteiger partial charge in [-0.25, -0.2) is 4.98 Å². The van der Waals surface area contributed by atoms with E-state index in [2.05, 4.69) is 25.6 Å². The summed E-state index contributed by atoms with van der Waals surface area (Å²) >= 11 is 0. The van der Waals surface area contributed by atoms with Gasteiger partial charge in [-0.2, -0.15) is 0 Å². The van der Waals surface area contributed by atoms with Crippen molar-refractivity contribution in [1.29, 1.82) is 0 Å². The highest BCUT2D eigenvalue weighted by molar-refractivity contribution is 5.95. The van der Waals surface area contributed by atoms with E-state index in [1.54, 1.807) is 42.9 Å². The van der Waals surface area contributed by atoms with E-state index in [0.29, 0.717) is 29.8 Å². The van der Waals surface area contributed by atoms with Crippen LogP contribution in [0.15, 0.2) is 85.3 Å². The zero-order valence-electron chi connectivity index (χ0n) is 21.1. The maximum absolute atomic E-state index is 13.4. The van der Waals surface area contributed by atoms with E-state index in [9.17, 15) is 9.59 Å². The summed E-state index contributed by atoms with van der Waals surface area (Å²) in [6.45, 7) is 2.26. The van der Waals surface area contributed by atoms with E-state index in [0.717, 1.165) is 22.5 Å². The topological polar surface area (TPSA) is 106 Å². The Bertz CT molecular complexity index is 1410. The van der Waals surface area contributed by atoms with Gasteiger partial charge in [-0.05, 0) is 47.4 Å². The molecule has 192 valence electrons. The number of hydrogen-bond acceptors (Lipinski definition) is 6. The third kappa shape index (κ3) is 5.92. The maximum Gasteiger partial charge on any atom is 0.253 e. The van der Waals surface area contributed by atoms with Crippen molar-refractivity contribution in [2.45, 2.75) is 38.3 Å². The number of aromatic nitrogens is 3. The molecule has 0 bridgehead atoms. The number of benzene rings is 1. The predicted octanol–water partition coefficient (Wildman–Crippen LogP) is 4.40. The number of ether oxygens (including phenoxy) is 1. The lowest BCUT2D eigenvalue weighted by Gasteiger charge is -2.19. The summed E-state index contributed by atoms with van der Waals surface area (Å²) in [6, 6.07) is 20.6. The summed E-state index contributed by atoms with van der Waals surface area (Å²) in [5, 5.41) is 5.87. The molecule has 0 radical (unpaired) electrons. The second-order valence-electron chi connectivity index (χ2n) is 9.13. The zero-order chi connectivity index (χ0) is 26.3. The highest BCUT2D eigenvalue weighted by Gasteiger charge is 2.28. The highest BCUT2D eigenvalue weighted by Crippen LogP contribution is 2.31. The van der Waals surface area contributed by atoms with Crippen molar-refractivity contribution in [3.8, 4) is 0 Å². The molecule has 1 aliphatic rings. The van der Waals surface area contributed by atoms with Crippen molar-refractivity contribution in [1.82, 2.24) is 20.3 Å². The van der Waals surface area contributed by atoms with Crippen LogP contribution in [0.4, 0.5) is 5.82 Å². The zero-order valence-corrected chi connectivity index (χ0v) is 21.1. The molecule has 5 rings (SSSR count). The smallest absolute Gasteiger partial charge is 0.253 e. The molecule has 2 atom stereocenters. The van der Waals surface area contributed by atoms with E-state index < -0.39 is 6.04 Å². The van der Waals surface area contributed by atoms with Gasteiger partial charge in [0.2, 0.25) is 5.91 Å². The van der Waals surface area contributed by atoms with Gasteiger partial charge in [0.05, 0.1) is 36.4 Å². The third-order valence-corrected chi connectivity index (χ3v) is 6.54. The Morgan fingerprint density at radius 3 is 2.58 bits per heavy atom. The van der Waals surface area contributed by atoms with Gasteiger partial charge in [0.25, 0.3) is 5.91 Å². The van der Waals surface area contributed by atoms with Crippen molar-refractivity contribution in [3.63, 3.8) is 0 Å². The number of nitrogens with zero attached hydrogens (tertiary/aromatic N) is 3. The van der Waals surface area contributed by atoms with Crippen molar-refractivity contribution in [2.75, 3.05) is 11.9 Å². The van der Waals surface area contributed by atoms with Crippen LogP contribution in [0, 0.1) is 0 Å². The van der Waals surface area contributed by atoms with Crippen LogP contribution in [0.3, 0.4) is 0 Å². The first-order valence-corrected chi connectivity index (χ1v) is 12.7. The standard InChI is InChI=1S/C30H29N5O3/c1-2-24-22(17-28(36)35-27-12-6-7-13-31-27)15-23(18-33-24)30(37)34-25-19-38-26(20-9-4-3-5-10-20)16-21-11-8-14-32-29(21)25/h3-15,18,25-26H,2,16-17,19H2,1H3,(H,34,37)(H,31,35,36). The van der Waals surface area contributed by atoms with E-state index in [4.69, 9.17) is 4.74 Å². The summed E-state index contributed by atoms with van der Waals surface area (Å²) in [5.74, 6) is -0.0411. The summed E-state index contributed by atoms with van der Waals surface area (Å²) in [7, 11) is 0. The van der Waals surface area contributed by atoms with E-state index >= 15 is 0 Å². The average molecular weight is 508 g/mol. The van der Waals surface area contributed by atoms with Crippen LogP contribution in [0.2, 0.25) is 0 Å². The molecule has 4 heterocycles. The van der Waals surface area contributed by atoms with E-state index in [1.807, 2.05) is 49.4 Å². The van der Waals surface area contributed by atoms with Crippen LogP contribution in [0.25, 0.3) is 0 Å². The summed E-state index contributed by atoms with van der Waals surface area (Å²) < 4.78 is 6.26. The Kier molecular flexibility index (Phi) is 7.80. The fourth-order valence-corrected chi connectivity index (χ4v) is 4.65. The number of aryl methyl sites for hydroxylation is 1. The first-order valence-electron chi connectivity index (χ1n) is 12.7. The van der Waals surface area contributed by atoms with Crippen molar-refractivity contribution < 1.29 is 14.3 Å². The Balaban J connectivity index is 1.33. The fraction of sp³-hybridized carbons (Fsp3) is 0.233. The molecule has 0 aliphatic carbocycles. The lowest BCUT2D eigenvalue weighted by atomic mass is 9.99. The minimum Gasteiger partial charge on any atom is -0.371 e. The molecule has 2 unspecified atom stereocenters. The molecule has 4 aromatic rings. The Labute approximate surface area is 221 Å². The molecule has 0 spiro atoms. The molecule has 8 nitrogen and oxygen atoms in total. The second-order valence-corrected chi connectivity index (χ2v) is 9.13. The van der Waals surface area contributed by atoms with Gasteiger partial charge < -0.3 is 15.4 Å². The lowest BCUT2D eigenvalue weighted by Crippen LogP contribution is -2.32. The fourth-order valence-electron chi connectivity index (χ4n) is 4.65. The SMILES string of the molecule is CCc1ncc(C(=O)NC2COC(c3ccccc3)Cc3cccnc32)cc1CC(=O)Nc1ccccn1. The van der Waals surface area contributed by atoms with E-state index in [1.165, 1.54) is 0 Å². The minimum absolute atomic E-state index is 0.0869. The minimum atomic E-state index is -0.422. The molecule has 1 aliphatic heterocycles. The summed E-state index contributed by atoms with van der Waals surface area (Å²) in [6.07, 6.45) is 6.17. The number of anilines is 1.